The molecule has 24 heavy (non-hydrogen) atoms. The molecule has 0 aromatic heterocycles. The van der Waals surface area contributed by atoms with Gasteiger partial charge in [-0.1, -0.05) is 6.07 Å². The van der Waals surface area contributed by atoms with Crippen LogP contribution >= 0.6 is 0 Å². The quantitative estimate of drug-likeness (QED) is 0.489. The lowest BCUT2D eigenvalue weighted by Crippen LogP contribution is -2.29. The molecular formula is C16H8FN3O4. The highest BCUT2D eigenvalue weighted by Gasteiger charge is 2.41. The molecule has 118 valence electrons. The Balaban J connectivity index is 2.02. The van der Waals surface area contributed by atoms with Crippen LogP contribution in [0.3, 0.4) is 0 Å². The molecule has 0 radical (unpaired) electrons. The molecule has 2 aromatic carbocycles. The molecule has 8 heteroatoms. The topological polar surface area (TPSA) is 104 Å². The molecule has 0 saturated heterocycles. The number of carbonyl (C=O) groups is 2. The summed E-state index contributed by atoms with van der Waals surface area (Å²) in [5, 5.41) is 19.9. The zero-order chi connectivity index (χ0) is 17.4. The van der Waals surface area contributed by atoms with Crippen molar-refractivity contribution in [1.82, 2.24) is 4.90 Å². The van der Waals surface area contributed by atoms with Gasteiger partial charge in [0, 0.05) is 11.6 Å². The summed E-state index contributed by atoms with van der Waals surface area (Å²) in [4.78, 5) is 35.8. The Morgan fingerprint density at radius 1 is 1.21 bits per heavy atom. The van der Waals surface area contributed by atoms with E-state index in [9.17, 15) is 24.1 Å². The van der Waals surface area contributed by atoms with E-state index >= 15 is 0 Å². The molecule has 1 aliphatic heterocycles. The van der Waals surface area contributed by atoms with E-state index in [-0.39, 0.29) is 22.3 Å². The van der Waals surface area contributed by atoms with Crippen molar-refractivity contribution in [2.75, 3.05) is 0 Å². The maximum atomic E-state index is 13.9. The predicted octanol–water partition coefficient (Wildman–Crippen LogP) is 2.40. The lowest BCUT2D eigenvalue weighted by atomic mass is 10.1. The number of nitrogens with zero attached hydrogens (tertiary/aromatic N) is 3. The van der Waals surface area contributed by atoms with E-state index in [0.29, 0.717) is 0 Å². The minimum Gasteiger partial charge on any atom is -0.270 e. The molecule has 0 atom stereocenters. The number of hydrogen-bond acceptors (Lipinski definition) is 5. The van der Waals surface area contributed by atoms with Gasteiger partial charge < -0.3 is 0 Å². The second kappa shape index (κ2) is 5.55. The SMILES string of the molecule is N#Cc1ccc(F)c(CN2C(=O)c3cccc([N+](=O)[O-])c3C2=O)c1. The fraction of sp³-hybridized carbons (Fsp3) is 0.0625. The van der Waals surface area contributed by atoms with Gasteiger partial charge in [0.25, 0.3) is 17.5 Å². The van der Waals surface area contributed by atoms with E-state index in [1.54, 1.807) is 0 Å². The number of rotatable bonds is 3. The molecule has 0 spiro atoms. The van der Waals surface area contributed by atoms with Crippen LogP contribution in [0.2, 0.25) is 0 Å². The number of amides is 2. The standard InChI is InChI=1S/C16H8FN3O4/c17-12-5-4-9(7-18)6-10(12)8-19-15(21)11-2-1-3-13(20(23)24)14(11)16(19)22/h1-6H,8H2. The number of hydrogen-bond donors (Lipinski definition) is 0. The number of benzene rings is 2. The van der Waals surface area contributed by atoms with Gasteiger partial charge >= 0.3 is 0 Å². The maximum absolute atomic E-state index is 13.9. The monoisotopic (exact) mass is 325 g/mol. The van der Waals surface area contributed by atoms with Crippen molar-refractivity contribution in [2.45, 2.75) is 6.54 Å². The molecule has 3 rings (SSSR count). The Kier molecular flexibility index (Phi) is 3.54. The zero-order valence-electron chi connectivity index (χ0n) is 12.0. The molecule has 1 aliphatic rings. The summed E-state index contributed by atoms with van der Waals surface area (Å²) in [6, 6.07) is 9.15. The molecule has 0 saturated carbocycles. The van der Waals surface area contributed by atoms with Crippen LogP contribution in [-0.2, 0) is 6.54 Å². The van der Waals surface area contributed by atoms with Crippen LogP contribution in [0.5, 0.6) is 0 Å². The highest BCUT2D eigenvalue weighted by Crippen LogP contribution is 2.31. The first-order valence-electron chi connectivity index (χ1n) is 6.76. The van der Waals surface area contributed by atoms with Crippen LogP contribution in [0, 0.1) is 27.3 Å². The van der Waals surface area contributed by atoms with Gasteiger partial charge in [0.05, 0.1) is 28.7 Å². The number of fused-ring (bicyclic) bond motifs is 1. The number of nitro benzene ring substituents is 1. The molecule has 7 nitrogen and oxygen atoms in total. The van der Waals surface area contributed by atoms with Gasteiger partial charge in [0.1, 0.15) is 11.4 Å². The van der Waals surface area contributed by atoms with Crippen molar-refractivity contribution in [3.8, 4) is 6.07 Å². The van der Waals surface area contributed by atoms with Crippen molar-refractivity contribution in [3.63, 3.8) is 0 Å². The van der Waals surface area contributed by atoms with Gasteiger partial charge in [0.2, 0.25) is 0 Å². The Labute approximate surface area is 134 Å². The summed E-state index contributed by atoms with van der Waals surface area (Å²) in [7, 11) is 0. The Hall–Kier alpha value is -3.60. The van der Waals surface area contributed by atoms with Crippen LogP contribution in [0.1, 0.15) is 31.8 Å². The number of nitriles is 1. The summed E-state index contributed by atoms with van der Waals surface area (Å²) >= 11 is 0. The molecule has 1 heterocycles. The highest BCUT2D eigenvalue weighted by atomic mass is 19.1. The maximum Gasteiger partial charge on any atom is 0.282 e. The summed E-state index contributed by atoms with van der Waals surface area (Å²) in [6.45, 7) is -0.412. The first kappa shape index (κ1) is 15.3. The molecule has 2 aromatic rings. The normalized spacial score (nSPS) is 12.9. The number of carbonyl (C=O) groups excluding carboxylic acids is 2. The highest BCUT2D eigenvalue weighted by molar-refractivity contribution is 6.23. The Morgan fingerprint density at radius 3 is 2.62 bits per heavy atom. The first-order valence-corrected chi connectivity index (χ1v) is 6.76. The fourth-order valence-corrected chi connectivity index (χ4v) is 2.55. The van der Waals surface area contributed by atoms with Crippen molar-refractivity contribution in [3.05, 3.63) is 74.6 Å². The van der Waals surface area contributed by atoms with Crippen LogP contribution in [-0.4, -0.2) is 21.6 Å². The smallest absolute Gasteiger partial charge is 0.270 e. The van der Waals surface area contributed by atoms with E-state index < -0.39 is 34.8 Å². The summed E-state index contributed by atoms with van der Waals surface area (Å²) in [6.07, 6.45) is 0. The number of halogens is 1. The van der Waals surface area contributed by atoms with Gasteiger partial charge in [-0.2, -0.15) is 5.26 Å². The first-order chi connectivity index (χ1) is 11.4. The van der Waals surface area contributed by atoms with E-state index in [2.05, 4.69) is 0 Å². The molecule has 0 aliphatic carbocycles. The average Bonchev–Trinajstić information content (AvgIpc) is 2.81. The van der Waals surface area contributed by atoms with Crippen molar-refractivity contribution in [1.29, 1.82) is 5.26 Å². The zero-order valence-corrected chi connectivity index (χ0v) is 12.0. The second-order valence-electron chi connectivity index (χ2n) is 5.07. The average molecular weight is 325 g/mol. The predicted molar refractivity (Wildman–Crippen MR) is 78.4 cm³/mol. The number of imide groups is 1. The van der Waals surface area contributed by atoms with Crippen LogP contribution < -0.4 is 0 Å². The summed E-state index contributed by atoms with van der Waals surface area (Å²) in [5.74, 6) is -2.27. The van der Waals surface area contributed by atoms with Gasteiger partial charge in [-0.05, 0) is 24.3 Å². The molecular weight excluding hydrogens is 317 g/mol. The molecule has 0 unspecified atom stereocenters. The second-order valence-corrected chi connectivity index (χ2v) is 5.07. The van der Waals surface area contributed by atoms with E-state index in [1.165, 1.54) is 24.3 Å². The molecule has 0 fully saturated rings. The third-order valence-corrected chi connectivity index (χ3v) is 3.68. The third kappa shape index (κ3) is 2.28. The van der Waals surface area contributed by atoms with Gasteiger partial charge in [0.15, 0.2) is 0 Å². The minimum atomic E-state index is -0.857. The minimum absolute atomic E-state index is 0.0220. The Bertz CT molecular complexity index is 949. The van der Waals surface area contributed by atoms with Crippen LogP contribution in [0.25, 0.3) is 0 Å². The van der Waals surface area contributed by atoms with Gasteiger partial charge in [-0.15, -0.1) is 0 Å². The van der Waals surface area contributed by atoms with Gasteiger partial charge in [-0.3, -0.25) is 24.6 Å². The van der Waals surface area contributed by atoms with Gasteiger partial charge in [-0.25, -0.2) is 4.39 Å². The lowest BCUT2D eigenvalue weighted by molar-refractivity contribution is -0.385. The molecule has 0 bridgehead atoms. The molecule has 0 N–H and O–H groups in total. The van der Waals surface area contributed by atoms with Crippen molar-refractivity contribution < 1.29 is 18.9 Å². The lowest BCUT2D eigenvalue weighted by Gasteiger charge is -2.14. The molecule has 2 amide bonds. The van der Waals surface area contributed by atoms with E-state index in [0.717, 1.165) is 17.0 Å². The van der Waals surface area contributed by atoms with Crippen LogP contribution in [0.15, 0.2) is 36.4 Å². The van der Waals surface area contributed by atoms with Crippen LogP contribution in [0.4, 0.5) is 10.1 Å². The van der Waals surface area contributed by atoms with E-state index in [4.69, 9.17) is 5.26 Å². The fourth-order valence-electron chi connectivity index (χ4n) is 2.55. The summed E-state index contributed by atoms with van der Waals surface area (Å²) in [5.41, 5.74) is -0.713. The number of nitro groups is 1. The van der Waals surface area contributed by atoms with E-state index in [1.807, 2.05) is 6.07 Å². The Morgan fingerprint density at radius 2 is 1.96 bits per heavy atom. The third-order valence-electron chi connectivity index (χ3n) is 3.68. The van der Waals surface area contributed by atoms with Crippen molar-refractivity contribution in [2.24, 2.45) is 0 Å². The van der Waals surface area contributed by atoms with Crippen molar-refractivity contribution >= 4 is 17.5 Å². The largest absolute Gasteiger partial charge is 0.282 e. The summed E-state index contributed by atoms with van der Waals surface area (Å²) < 4.78 is 13.9.